The highest BCUT2D eigenvalue weighted by Gasteiger charge is 2.30. The highest BCUT2D eigenvalue weighted by Crippen LogP contribution is 2.43. The Labute approximate surface area is 504 Å². The number of nitrogens with zero attached hydrogens (tertiary/aromatic N) is 1. The SMILES string of the molecule is CC/C=C\C/C=C\C/C=C\C/C=C\C/C=C\C/C=C\CCCCCCCCCCC(=O)NC(COP(=O)(O)OCC[N+](C)(C)C)C(/C=C\CCCCCCCCCCCC)OC(=O)CCC/C=C\C/C=C\C/C=C\C/C=C\C/C=C\CC. The molecule has 82 heavy (non-hydrogen) atoms. The number of amides is 1. The fraction of sp³-hybridized carbons (Fsp3) is 0.639. The van der Waals surface area contributed by atoms with E-state index in [2.05, 4.69) is 160 Å². The number of hydrogen-bond acceptors (Lipinski definition) is 6. The van der Waals surface area contributed by atoms with E-state index < -0.39 is 20.0 Å². The molecule has 10 heteroatoms. The van der Waals surface area contributed by atoms with Crippen molar-refractivity contribution in [3.05, 3.63) is 146 Å². The maximum absolute atomic E-state index is 13.6. The molecule has 0 fully saturated rings. The number of hydrogen-bond donors (Lipinski definition) is 2. The largest absolute Gasteiger partial charge is 0.472 e. The van der Waals surface area contributed by atoms with Crippen LogP contribution in [0.4, 0.5) is 0 Å². The lowest BCUT2D eigenvalue weighted by Gasteiger charge is -2.27. The van der Waals surface area contributed by atoms with Gasteiger partial charge in [0.15, 0.2) is 0 Å². The summed E-state index contributed by atoms with van der Waals surface area (Å²) in [4.78, 5) is 37.8. The molecule has 0 saturated carbocycles. The lowest BCUT2D eigenvalue weighted by atomic mass is 10.0. The van der Waals surface area contributed by atoms with Crippen LogP contribution in [0.25, 0.3) is 0 Å². The van der Waals surface area contributed by atoms with Gasteiger partial charge in [0.25, 0.3) is 0 Å². The van der Waals surface area contributed by atoms with Gasteiger partial charge in [0.05, 0.1) is 33.8 Å². The number of quaternary nitrogens is 1. The molecule has 0 saturated heterocycles. The number of unbranched alkanes of at least 4 members (excludes halogenated alkanes) is 19. The third kappa shape index (κ3) is 60.5. The van der Waals surface area contributed by atoms with Gasteiger partial charge < -0.3 is 19.4 Å². The van der Waals surface area contributed by atoms with Gasteiger partial charge >= 0.3 is 13.8 Å². The molecule has 0 spiro atoms. The van der Waals surface area contributed by atoms with Crippen molar-refractivity contribution in [3.8, 4) is 0 Å². The molecule has 3 unspecified atom stereocenters. The number of allylic oxidation sites excluding steroid dienone is 23. The van der Waals surface area contributed by atoms with Crippen molar-refractivity contribution in [3.63, 3.8) is 0 Å². The van der Waals surface area contributed by atoms with Crippen LogP contribution in [0.15, 0.2) is 146 Å². The number of ether oxygens (including phenoxy) is 1. The number of phosphoric ester groups is 1. The minimum absolute atomic E-state index is 0.0215. The van der Waals surface area contributed by atoms with Gasteiger partial charge in [-0.05, 0) is 122 Å². The fourth-order valence-corrected chi connectivity index (χ4v) is 9.30. The van der Waals surface area contributed by atoms with Crippen molar-refractivity contribution in [1.29, 1.82) is 0 Å². The van der Waals surface area contributed by atoms with E-state index in [4.69, 9.17) is 13.8 Å². The summed E-state index contributed by atoms with van der Waals surface area (Å²) in [5, 5.41) is 3.04. The molecular weight excluding hydrogens is 1040 g/mol. The Morgan fingerprint density at radius 3 is 1.20 bits per heavy atom. The van der Waals surface area contributed by atoms with E-state index in [-0.39, 0.29) is 31.5 Å². The molecule has 3 atom stereocenters. The molecule has 0 bridgehead atoms. The average molecular weight is 1160 g/mol. The molecule has 0 aromatic rings. The summed E-state index contributed by atoms with van der Waals surface area (Å²) in [6, 6.07) is -0.887. The second kappa shape index (κ2) is 60.0. The van der Waals surface area contributed by atoms with E-state index in [9.17, 15) is 19.0 Å². The molecule has 0 radical (unpaired) electrons. The van der Waals surface area contributed by atoms with Crippen LogP contribution in [0, 0.1) is 0 Å². The molecule has 0 rings (SSSR count). The number of carbonyl (C=O) groups excluding carboxylic acids is 2. The first-order valence-electron chi connectivity index (χ1n) is 32.7. The second-order valence-corrected chi connectivity index (χ2v) is 24.0. The molecule has 2 N–H and O–H groups in total. The van der Waals surface area contributed by atoms with Crippen LogP contribution in [0.5, 0.6) is 0 Å². The van der Waals surface area contributed by atoms with E-state index in [1.165, 1.54) is 77.0 Å². The van der Waals surface area contributed by atoms with Crippen molar-refractivity contribution in [2.75, 3.05) is 40.9 Å². The zero-order chi connectivity index (χ0) is 60.0. The zero-order valence-electron chi connectivity index (χ0n) is 53.2. The topological polar surface area (TPSA) is 111 Å². The number of phosphoric acid groups is 1. The van der Waals surface area contributed by atoms with Crippen molar-refractivity contribution in [1.82, 2.24) is 5.32 Å². The highest BCUT2D eigenvalue weighted by atomic mass is 31.2. The van der Waals surface area contributed by atoms with Crippen molar-refractivity contribution >= 4 is 19.7 Å². The molecule has 0 aliphatic heterocycles. The Bertz CT molecular complexity index is 1910. The third-order valence-corrected chi connectivity index (χ3v) is 14.5. The summed E-state index contributed by atoms with van der Waals surface area (Å²) in [5.41, 5.74) is 0. The van der Waals surface area contributed by atoms with E-state index in [1.807, 2.05) is 33.3 Å². The van der Waals surface area contributed by atoms with Gasteiger partial charge in [0, 0.05) is 12.8 Å². The van der Waals surface area contributed by atoms with Gasteiger partial charge in [-0.3, -0.25) is 18.6 Å². The van der Waals surface area contributed by atoms with Crippen LogP contribution in [0.3, 0.4) is 0 Å². The van der Waals surface area contributed by atoms with E-state index in [1.54, 1.807) is 0 Å². The smallest absolute Gasteiger partial charge is 0.456 e. The normalized spacial score (nSPS) is 14.6. The average Bonchev–Trinajstić information content (AvgIpc) is 3.47. The molecule has 466 valence electrons. The molecule has 0 heterocycles. The van der Waals surface area contributed by atoms with E-state index in [0.29, 0.717) is 23.9 Å². The third-order valence-electron chi connectivity index (χ3n) is 13.5. The Hall–Kier alpha value is -4.11. The number of esters is 1. The van der Waals surface area contributed by atoms with Crippen molar-refractivity contribution in [2.24, 2.45) is 0 Å². The predicted octanol–water partition coefficient (Wildman–Crippen LogP) is 20.6. The number of carbonyl (C=O) groups is 2. The summed E-state index contributed by atoms with van der Waals surface area (Å²) in [6.45, 7) is 6.72. The van der Waals surface area contributed by atoms with Gasteiger partial charge in [0.2, 0.25) is 5.91 Å². The minimum atomic E-state index is -4.48. The van der Waals surface area contributed by atoms with Crippen LogP contribution >= 0.6 is 7.82 Å². The summed E-state index contributed by atoms with van der Waals surface area (Å²) in [7, 11) is 1.44. The molecule has 0 aromatic heterocycles. The predicted molar refractivity (Wildman–Crippen MR) is 355 cm³/mol. The van der Waals surface area contributed by atoms with Crippen molar-refractivity contribution < 1.29 is 37.3 Å². The standard InChI is InChI=1S/C72H121N2O7P/c1-7-10-13-16-19-22-25-28-30-32-33-34-35-36-37-38-39-40-41-43-44-46-49-52-55-58-61-64-71(75)73-69(68-80-82(77,78)79-67-66-74(4,5)6)70(63-60-57-54-51-48-27-24-21-18-15-12-9-3)81-72(76)65-62-59-56-53-50-47-45-42-31-29-26-23-20-17-14-11-8-2/h10-11,13-14,19-20,22-23,28-31,33-34,36-37,39-40,45,47,53,56,60,63,69-70H,7-9,12,15-18,21,24-27,32,35,38,41-44,46,48-52,54-55,57-59,61-62,64-68H2,1-6H3,(H-,73,75,77,78)/p+1/b13-10-,14-11-,22-19-,23-20-,30-28-,31-29-,34-33-,37-36-,40-39-,47-45-,56-53-,63-60-. The Kier molecular flexibility index (Phi) is 57.0. The summed E-state index contributed by atoms with van der Waals surface area (Å²) < 4.78 is 30.7. The number of likely N-dealkylation sites (N-methyl/N-ethyl adjacent to an activating group) is 1. The maximum atomic E-state index is 13.6. The molecule has 0 aromatic carbocycles. The quantitative estimate of drug-likeness (QED) is 0.0205. The molecule has 0 aliphatic carbocycles. The number of rotatable bonds is 57. The van der Waals surface area contributed by atoms with Gasteiger partial charge in [-0.25, -0.2) is 4.57 Å². The molecular formula is C72H122N2O7P+. The molecule has 1 amide bonds. The summed E-state index contributed by atoms with van der Waals surface area (Å²) in [5.74, 6) is -0.593. The first kappa shape index (κ1) is 77.9. The molecule has 9 nitrogen and oxygen atoms in total. The monoisotopic (exact) mass is 1160 g/mol. The molecule has 0 aliphatic rings. The second-order valence-electron chi connectivity index (χ2n) is 22.5. The summed E-state index contributed by atoms with van der Waals surface area (Å²) >= 11 is 0. The highest BCUT2D eigenvalue weighted by molar-refractivity contribution is 7.47. The zero-order valence-corrected chi connectivity index (χ0v) is 54.1. The Morgan fingerprint density at radius 1 is 0.439 bits per heavy atom. The van der Waals surface area contributed by atoms with Crippen molar-refractivity contribution in [2.45, 2.75) is 258 Å². The minimum Gasteiger partial charge on any atom is -0.456 e. The van der Waals surface area contributed by atoms with Crippen LogP contribution in [-0.2, 0) is 27.9 Å². The van der Waals surface area contributed by atoms with Crippen LogP contribution in [-0.4, -0.2) is 74.3 Å². The van der Waals surface area contributed by atoms with Gasteiger partial charge in [-0.1, -0.05) is 257 Å². The van der Waals surface area contributed by atoms with E-state index >= 15 is 0 Å². The maximum Gasteiger partial charge on any atom is 0.472 e. The first-order chi connectivity index (χ1) is 39.9. The Morgan fingerprint density at radius 2 is 0.793 bits per heavy atom. The lowest BCUT2D eigenvalue weighted by molar-refractivity contribution is -0.870. The Balaban J connectivity index is 5.23. The lowest BCUT2D eigenvalue weighted by Crippen LogP contribution is -2.47. The first-order valence-corrected chi connectivity index (χ1v) is 34.2. The number of nitrogens with one attached hydrogen (secondary N) is 1. The summed E-state index contributed by atoms with van der Waals surface area (Å²) in [6.07, 6.45) is 87.2. The van der Waals surface area contributed by atoms with Gasteiger partial charge in [-0.15, -0.1) is 0 Å². The van der Waals surface area contributed by atoms with Crippen LogP contribution in [0.1, 0.15) is 245 Å². The van der Waals surface area contributed by atoms with E-state index in [0.717, 1.165) is 128 Å². The van der Waals surface area contributed by atoms with Crippen LogP contribution < -0.4 is 5.32 Å². The van der Waals surface area contributed by atoms with Crippen LogP contribution in [0.2, 0.25) is 0 Å². The van der Waals surface area contributed by atoms with Gasteiger partial charge in [-0.2, -0.15) is 0 Å². The fourth-order valence-electron chi connectivity index (χ4n) is 8.57. The van der Waals surface area contributed by atoms with Gasteiger partial charge in [0.1, 0.15) is 19.3 Å².